The van der Waals surface area contributed by atoms with Gasteiger partial charge in [-0.05, 0) is 33.4 Å². The van der Waals surface area contributed by atoms with Gasteiger partial charge >= 0.3 is 0 Å². The third-order valence-electron chi connectivity index (χ3n) is 3.04. The topological polar surface area (TPSA) is 85.1 Å². The molecular formula is C14H17N3O3S. The van der Waals surface area contributed by atoms with Gasteiger partial charge in [-0.1, -0.05) is 5.16 Å². The van der Waals surface area contributed by atoms with Crippen LogP contribution in [0.4, 0.5) is 0 Å². The molecule has 0 radical (unpaired) electrons. The average Bonchev–Trinajstić information content (AvgIpc) is 2.86. The van der Waals surface area contributed by atoms with E-state index in [1.165, 1.54) is 23.9 Å². The number of thioether (sulfide) groups is 1. The lowest BCUT2D eigenvalue weighted by Gasteiger charge is -2.16. The second kappa shape index (κ2) is 6.82. The van der Waals surface area contributed by atoms with Crippen LogP contribution < -0.4 is 5.32 Å². The summed E-state index contributed by atoms with van der Waals surface area (Å²) < 4.78 is 5.00. The maximum Gasteiger partial charge on any atom is 0.236 e. The van der Waals surface area contributed by atoms with Crippen LogP contribution in [0.5, 0.6) is 0 Å². The number of aromatic nitrogens is 2. The summed E-state index contributed by atoms with van der Waals surface area (Å²) in [4.78, 5) is 28.6. The Hall–Kier alpha value is -1.73. The highest BCUT2D eigenvalue weighted by Gasteiger charge is 2.23. The van der Waals surface area contributed by atoms with Gasteiger partial charge in [0.15, 0.2) is 17.4 Å². The van der Waals surface area contributed by atoms with Crippen molar-refractivity contribution in [2.24, 2.45) is 0 Å². The first-order valence-electron chi connectivity index (χ1n) is 6.59. The Morgan fingerprint density at radius 3 is 2.76 bits per heavy atom. The molecule has 0 fully saturated rings. The summed E-state index contributed by atoms with van der Waals surface area (Å²) in [5.41, 5.74) is 0.536. The molecule has 0 saturated heterocycles. The van der Waals surface area contributed by atoms with Gasteiger partial charge in [-0.2, -0.15) is 4.98 Å². The van der Waals surface area contributed by atoms with Crippen molar-refractivity contribution in [2.45, 2.75) is 32.1 Å². The summed E-state index contributed by atoms with van der Waals surface area (Å²) in [5.74, 6) is 1.11. The van der Waals surface area contributed by atoms with Crippen LogP contribution >= 0.6 is 11.8 Å². The summed E-state index contributed by atoms with van der Waals surface area (Å²) in [5, 5.41) is 6.75. The Balaban J connectivity index is 2.03. The molecule has 1 aliphatic rings. The van der Waals surface area contributed by atoms with Crippen LogP contribution in [0, 0.1) is 6.92 Å². The van der Waals surface area contributed by atoms with Crippen LogP contribution in [0.25, 0.3) is 0 Å². The van der Waals surface area contributed by atoms with E-state index in [4.69, 9.17) is 4.52 Å². The van der Waals surface area contributed by atoms with Gasteiger partial charge < -0.3 is 9.84 Å². The van der Waals surface area contributed by atoms with Crippen molar-refractivity contribution < 1.29 is 14.1 Å². The molecule has 112 valence electrons. The first kappa shape index (κ1) is 15.7. The standard InChI is InChI=1S/C14H17N3O3S/c1-8(15-3)4-10-5-11(18)6-12(14(10)19)21-7-13-16-9(2)17-20-13/h5-6,8,15H,4,7H2,1-3H3/t8-/m1/s1. The zero-order valence-corrected chi connectivity index (χ0v) is 13.0. The van der Waals surface area contributed by atoms with Crippen molar-refractivity contribution in [1.82, 2.24) is 15.5 Å². The number of hydrogen-bond donors (Lipinski definition) is 1. The molecule has 7 heteroatoms. The number of hydrogen-bond acceptors (Lipinski definition) is 7. The van der Waals surface area contributed by atoms with Crippen molar-refractivity contribution >= 4 is 23.3 Å². The summed E-state index contributed by atoms with van der Waals surface area (Å²) in [6.45, 7) is 3.69. The Bertz CT molecular complexity index is 619. The number of rotatable bonds is 6. The lowest BCUT2D eigenvalue weighted by atomic mass is 9.97. The number of carbonyl (C=O) groups is 2. The van der Waals surface area contributed by atoms with E-state index in [0.29, 0.717) is 34.4 Å². The third kappa shape index (κ3) is 4.12. The second-order valence-corrected chi connectivity index (χ2v) is 5.84. The number of aryl methyl sites for hydroxylation is 1. The SMILES string of the molecule is CN[C@H](C)CC1=CC(=O)C=C(SCc2nc(C)no2)C1=O. The molecule has 2 rings (SSSR count). The van der Waals surface area contributed by atoms with Crippen molar-refractivity contribution in [1.29, 1.82) is 0 Å². The quantitative estimate of drug-likeness (QED) is 0.798. The highest BCUT2D eigenvalue weighted by atomic mass is 32.2. The zero-order valence-electron chi connectivity index (χ0n) is 12.2. The van der Waals surface area contributed by atoms with Gasteiger partial charge in [-0.15, -0.1) is 11.8 Å². The van der Waals surface area contributed by atoms with E-state index in [2.05, 4.69) is 15.5 Å². The molecule has 0 spiro atoms. The number of nitrogens with one attached hydrogen (secondary N) is 1. The van der Waals surface area contributed by atoms with Crippen LogP contribution in [0.3, 0.4) is 0 Å². The number of ketones is 2. The molecule has 0 aliphatic heterocycles. The number of carbonyl (C=O) groups excluding carboxylic acids is 2. The number of allylic oxidation sites excluding steroid dienone is 3. The lowest BCUT2D eigenvalue weighted by Crippen LogP contribution is -2.25. The fourth-order valence-corrected chi connectivity index (χ4v) is 2.72. The predicted molar refractivity (Wildman–Crippen MR) is 79.6 cm³/mol. The third-order valence-corrected chi connectivity index (χ3v) is 4.05. The predicted octanol–water partition coefficient (Wildman–Crippen LogP) is 1.57. The molecule has 0 aromatic carbocycles. The van der Waals surface area contributed by atoms with Gasteiger partial charge in [0.25, 0.3) is 0 Å². The van der Waals surface area contributed by atoms with Crippen molar-refractivity contribution in [3.63, 3.8) is 0 Å². The molecule has 0 unspecified atom stereocenters. The molecule has 1 atom stereocenters. The minimum Gasteiger partial charge on any atom is -0.338 e. The smallest absolute Gasteiger partial charge is 0.236 e. The van der Waals surface area contributed by atoms with E-state index in [1.807, 2.05) is 14.0 Å². The zero-order chi connectivity index (χ0) is 15.4. The maximum atomic E-state index is 12.3. The monoisotopic (exact) mass is 307 g/mol. The molecule has 1 heterocycles. The summed E-state index contributed by atoms with van der Waals surface area (Å²) in [7, 11) is 1.82. The first-order chi connectivity index (χ1) is 9.99. The van der Waals surface area contributed by atoms with E-state index < -0.39 is 0 Å². The minimum absolute atomic E-state index is 0.0991. The molecule has 1 aliphatic carbocycles. The van der Waals surface area contributed by atoms with E-state index in [-0.39, 0.29) is 17.6 Å². The lowest BCUT2D eigenvalue weighted by molar-refractivity contribution is -0.114. The van der Waals surface area contributed by atoms with Crippen molar-refractivity contribution in [3.05, 3.63) is 34.3 Å². The van der Waals surface area contributed by atoms with Crippen LogP contribution in [0.1, 0.15) is 25.1 Å². The first-order valence-corrected chi connectivity index (χ1v) is 7.58. The molecule has 1 aromatic rings. The Kier molecular flexibility index (Phi) is 5.08. The summed E-state index contributed by atoms with van der Waals surface area (Å²) in [6, 6.07) is 0.135. The molecule has 0 amide bonds. The maximum absolute atomic E-state index is 12.3. The van der Waals surface area contributed by atoms with Gasteiger partial charge in [0, 0.05) is 17.7 Å². The molecule has 21 heavy (non-hydrogen) atoms. The van der Waals surface area contributed by atoms with Gasteiger partial charge in [0.1, 0.15) is 0 Å². The molecule has 6 nitrogen and oxygen atoms in total. The largest absolute Gasteiger partial charge is 0.338 e. The van der Waals surface area contributed by atoms with Crippen LogP contribution in [-0.4, -0.2) is 34.8 Å². The second-order valence-electron chi connectivity index (χ2n) is 4.83. The van der Waals surface area contributed by atoms with Crippen LogP contribution in [0.2, 0.25) is 0 Å². The van der Waals surface area contributed by atoms with E-state index in [9.17, 15) is 9.59 Å². The fraction of sp³-hybridized carbons (Fsp3) is 0.429. The summed E-state index contributed by atoms with van der Waals surface area (Å²) in [6.07, 6.45) is 3.31. The normalized spacial score (nSPS) is 16.7. The van der Waals surface area contributed by atoms with E-state index in [0.717, 1.165) is 0 Å². The number of Topliss-reactive ketones (excluding diaryl/α,β-unsaturated/α-hetero) is 1. The van der Waals surface area contributed by atoms with Crippen LogP contribution in [-0.2, 0) is 15.3 Å². The average molecular weight is 307 g/mol. The van der Waals surface area contributed by atoms with Gasteiger partial charge in [0.05, 0.1) is 10.7 Å². The van der Waals surface area contributed by atoms with Crippen LogP contribution in [0.15, 0.2) is 27.2 Å². The molecular weight excluding hydrogens is 290 g/mol. The summed E-state index contributed by atoms with van der Waals surface area (Å²) >= 11 is 1.25. The van der Waals surface area contributed by atoms with E-state index >= 15 is 0 Å². The van der Waals surface area contributed by atoms with Gasteiger partial charge in [-0.25, -0.2) is 0 Å². The highest BCUT2D eigenvalue weighted by Crippen LogP contribution is 2.28. The minimum atomic E-state index is -0.155. The molecule has 1 aromatic heterocycles. The Morgan fingerprint density at radius 1 is 1.38 bits per heavy atom. The molecule has 1 N–H and O–H groups in total. The van der Waals surface area contributed by atoms with E-state index in [1.54, 1.807) is 6.92 Å². The van der Waals surface area contributed by atoms with Crippen molar-refractivity contribution in [3.8, 4) is 0 Å². The number of nitrogens with zero attached hydrogens (tertiary/aromatic N) is 2. The Labute approximate surface area is 127 Å². The Morgan fingerprint density at radius 2 is 2.14 bits per heavy atom. The molecule has 0 saturated carbocycles. The highest BCUT2D eigenvalue weighted by molar-refractivity contribution is 8.03. The van der Waals surface area contributed by atoms with Gasteiger partial charge in [-0.3, -0.25) is 9.59 Å². The fourth-order valence-electron chi connectivity index (χ4n) is 1.86. The molecule has 0 bridgehead atoms. The van der Waals surface area contributed by atoms with Gasteiger partial charge in [0.2, 0.25) is 5.89 Å². The van der Waals surface area contributed by atoms with Crippen molar-refractivity contribution in [2.75, 3.05) is 7.05 Å².